The molecule has 0 heterocycles. The molecule has 174 valence electrons. The molecule has 3 saturated carbocycles. The van der Waals surface area contributed by atoms with Crippen LogP contribution in [0, 0.1) is 40.4 Å². The molecule has 3 aliphatic carbocycles. The Bertz CT molecular complexity index is 638. The molecule has 2 unspecified atom stereocenters. The summed E-state index contributed by atoms with van der Waals surface area (Å²) in [4.78, 5) is 12.5. The molecule has 2 N–H and O–H groups in total. The maximum absolute atomic E-state index is 12.5. The van der Waals surface area contributed by atoms with Gasteiger partial charge in [-0.1, -0.05) is 69.4 Å². The quantitative estimate of drug-likeness (QED) is 0.451. The number of hydrogen-bond acceptors (Lipinski definition) is 3. The van der Waals surface area contributed by atoms with Gasteiger partial charge in [0.2, 0.25) is 3.79 Å². The number of amides is 1. The number of fused-ring (bicyclic) bond motifs is 3. The highest BCUT2D eigenvalue weighted by Crippen LogP contribution is 2.60. The molecule has 0 aromatic carbocycles. The summed E-state index contributed by atoms with van der Waals surface area (Å²) in [5, 5.41) is 14.1. The van der Waals surface area contributed by atoms with E-state index in [2.05, 4.69) is 39.9 Å². The highest BCUT2D eigenvalue weighted by Gasteiger charge is 2.56. The van der Waals surface area contributed by atoms with E-state index >= 15 is 0 Å². The predicted molar refractivity (Wildman–Crippen MR) is 123 cm³/mol. The lowest BCUT2D eigenvalue weighted by molar-refractivity contribution is -0.127. The lowest BCUT2D eigenvalue weighted by atomic mass is 9.47. The first-order valence-corrected chi connectivity index (χ1v) is 12.6. The highest BCUT2D eigenvalue weighted by molar-refractivity contribution is 6.67. The summed E-state index contributed by atoms with van der Waals surface area (Å²) in [7, 11) is 0. The number of halogens is 3. The van der Waals surface area contributed by atoms with E-state index in [4.69, 9.17) is 39.5 Å². The highest BCUT2D eigenvalue weighted by atomic mass is 35.6. The fourth-order valence-electron chi connectivity index (χ4n) is 7.32. The molecule has 3 aliphatic rings. The zero-order valence-corrected chi connectivity index (χ0v) is 21.2. The zero-order valence-electron chi connectivity index (χ0n) is 18.9. The minimum absolute atomic E-state index is 0.0164. The molecule has 2 bridgehead atoms. The Kier molecular flexibility index (Phi) is 7.26. The minimum atomic E-state index is -1.61. The number of aliphatic hydroxyl groups is 1. The third-order valence-electron chi connectivity index (χ3n) is 9.07. The van der Waals surface area contributed by atoms with Gasteiger partial charge in [0, 0.05) is 6.04 Å². The fourth-order valence-corrected chi connectivity index (χ4v) is 7.49. The van der Waals surface area contributed by atoms with E-state index in [1.807, 2.05) is 0 Å². The summed E-state index contributed by atoms with van der Waals surface area (Å²) in [6, 6.07) is 0.0164. The van der Waals surface area contributed by atoms with E-state index in [1.165, 1.54) is 0 Å². The second-order valence-electron chi connectivity index (χ2n) is 11.1. The summed E-state index contributed by atoms with van der Waals surface area (Å²) in [6.45, 7) is 11.4. The smallest absolute Gasteiger partial charge is 0.407 e. The first kappa shape index (κ1) is 24.7. The van der Waals surface area contributed by atoms with E-state index in [9.17, 15) is 9.90 Å². The number of aliphatic hydroxyl groups excluding tert-OH is 1. The first-order valence-electron chi connectivity index (χ1n) is 11.4. The van der Waals surface area contributed by atoms with Gasteiger partial charge in [-0.15, -0.1) is 0 Å². The third-order valence-corrected chi connectivity index (χ3v) is 9.40. The second kappa shape index (κ2) is 8.80. The van der Waals surface area contributed by atoms with Crippen molar-refractivity contribution in [3.8, 4) is 0 Å². The SMILES string of the molecule is C[C@@H]1CCC(O)[C@@]2(C)CC[C@H]3[C@H](C)CC(NC(=O)OCC(Cl)(Cl)Cl)[C@@H](C[C@H]12)C3(C)C. The van der Waals surface area contributed by atoms with Crippen LogP contribution in [-0.4, -0.2) is 33.7 Å². The monoisotopic (exact) mass is 481 g/mol. The number of carbonyl (C=O) groups is 1. The lowest BCUT2D eigenvalue weighted by Gasteiger charge is -2.59. The Balaban J connectivity index is 1.86. The third kappa shape index (κ3) is 4.87. The number of hydrogen-bond donors (Lipinski definition) is 2. The standard InChI is InChI=1S/C23H38Cl3NO3/c1-13-6-7-19(28)22(5)9-8-15-14(2)10-18(17(11-16(13)22)21(15,3)4)27-20(29)30-12-23(24,25)26/h13-19,28H,6-12H2,1-5H3,(H,27,29)/t13-,14-,15+,16-,17-,18?,19?,22+/m1/s1. The molecule has 7 heteroatoms. The predicted octanol–water partition coefficient (Wildman–Crippen LogP) is 6.35. The van der Waals surface area contributed by atoms with Gasteiger partial charge in [-0.05, 0) is 78.9 Å². The van der Waals surface area contributed by atoms with Crippen LogP contribution in [0.5, 0.6) is 0 Å². The van der Waals surface area contributed by atoms with E-state index in [0.717, 1.165) is 38.5 Å². The van der Waals surface area contributed by atoms with Crippen LogP contribution in [0.25, 0.3) is 0 Å². The average Bonchev–Trinajstić information content (AvgIpc) is 2.60. The Hall–Kier alpha value is 0.1000. The average molecular weight is 483 g/mol. The van der Waals surface area contributed by atoms with Gasteiger partial charge in [-0.2, -0.15) is 0 Å². The zero-order chi connectivity index (χ0) is 22.5. The van der Waals surface area contributed by atoms with Crippen molar-refractivity contribution in [1.29, 1.82) is 0 Å². The molecule has 4 nitrogen and oxygen atoms in total. The van der Waals surface area contributed by atoms with Crippen molar-refractivity contribution in [3.05, 3.63) is 0 Å². The maximum Gasteiger partial charge on any atom is 0.407 e. The number of rotatable bonds is 2. The van der Waals surface area contributed by atoms with Gasteiger partial charge in [0.1, 0.15) is 6.61 Å². The van der Waals surface area contributed by atoms with Crippen LogP contribution in [0.15, 0.2) is 0 Å². The molecule has 0 spiro atoms. The Morgan fingerprint density at radius 2 is 1.70 bits per heavy atom. The minimum Gasteiger partial charge on any atom is -0.445 e. The summed E-state index contributed by atoms with van der Waals surface area (Å²) >= 11 is 17.2. The van der Waals surface area contributed by atoms with Crippen molar-refractivity contribution in [1.82, 2.24) is 5.32 Å². The van der Waals surface area contributed by atoms with Crippen LogP contribution < -0.4 is 5.32 Å². The van der Waals surface area contributed by atoms with Crippen LogP contribution in [0.4, 0.5) is 4.79 Å². The first-order chi connectivity index (χ1) is 13.8. The number of alkyl halides is 3. The molecule has 0 aromatic heterocycles. The molecule has 8 atom stereocenters. The number of carbonyl (C=O) groups excluding carboxylic acids is 1. The Morgan fingerprint density at radius 1 is 1.03 bits per heavy atom. The van der Waals surface area contributed by atoms with Crippen LogP contribution in [0.3, 0.4) is 0 Å². The van der Waals surface area contributed by atoms with Gasteiger partial charge < -0.3 is 15.2 Å². The van der Waals surface area contributed by atoms with E-state index in [1.54, 1.807) is 0 Å². The van der Waals surface area contributed by atoms with Crippen molar-refractivity contribution in [2.75, 3.05) is 6.61 Å². The van der Waals surface area contributed by atoms with Crippen LogP contribution >= 0.6 is 34.8 Å². The second-order valence-corrected chi connectivity index (χ2v) is 13.7. The van der Waals surface area contributed by atoms with Gasteiger partial charge in [0.25, 0.3) is 0 Å². The van der Waals surface area contributed by atoms with E-state index in [0.29, 0.717) is 29.6 Å². The molecule has 3 rings (SSSR count). The maximum atomic E-state index is 12.5. The van der Waals surface area contributed by atoms with Crippen LogP contribution in [-0.2, 0) is 4.74 Å². The van der Waals surface area contributed by atoms with E-state index < -0.39 is 9.89 Å². The molecule has 0 radical (unpaired) electrons. The van der Waals surface area contributed by atoms with Gasteiger partial charge in [-0.3, -0.25) is 0 Å². The van der Waals surface area contributed by atoms with Crippen molar-refractivity contribution < 1.29 is 14.6 Å². The number of ether oxygens (including phenoxy) is 1. The van der Waals surface area contributed by atoms with Crippen molar-refractivity contribution in [2.45, 2.75) is 89.1 Å². The number of nitrogens with one attached hydrogen (secondary N) is 1. The van der Waals surface area contributed by atoms with Crippen LogP contribution in [0.1, 0.15) is 73.1 Å². The molecular formula is C23H38Cl3NO3. The molecule has 0 saturated heterocycles. The molecular weight excluding hydrogens is 445 g/mol. The summed E-state index contributed by atoms with van der Waals surface area (Å²) < 4.78 is 3.57. The van der Waals surface area contributed by atoms with Gasteiger partial charge in [0.15, 0.2) is 0 Å². The van der Waals surface area contributed by atoms with Crippen molar-refractivity contribution in [2.24, 2.45) is 40.4 Å². The Morgan fingerprint density at radius 3 is 2.33 bits per heavy atom. The Labute approximate surface area is 196 Å². The normalized spacial score (nSPS) is 43.7. The molecule has 3 fully saturated rings. The van der Waals surface area contributed by atoms with E-state index in [-0.39, 0.29) is 29.6 Å². The topological polar surface area (TPSA) is 58.6 Å². The summed E-state index contributed by atoms with van der Waals surface area (Å²) in [5.41, 5.74) is 0.0382. The molecule has 1 amide bonds. The van der Waals surface area contributed by atoms with Crippen molar-refractivity contribution >= 4 is 40.9 Å². The summed E-state index contributed by atoms with van der Waals surface area (Å²) in [6.07, 6.45) is 5.36. The molecule has 0 aromatic rings. The molecule has 30 heavy (non-hydrogen) atoms. The van der Waals surface area contributed by atoms with Gasteiger partial charge in [-0.25, -0.2) is 4.79 Å². The van der Waals surface area contributed by atoms with Crippen LogP contribution in [0.2, 0.25) is 0 Å². The van der Waals surface area contributed by atoms with Gasteiger partial charge in [0.05, 0.1) is 6.10 Å². The largest absolute Gasteiger partial charge is 0.445 e. The van der Waals surface area contributed by atoms with Gasteiger partial charge >= 0.3 is 6.09 Å². The molecule has 0 aliphatic heterocycles. The number of alkyl carbamates (subject to hydrolysis) is 1. The van der Waals surface area contributed by atoms with Crippen molar-refractivity contribution in [3.63, 3.8) is 0 Å². The summed E-state index contributed by atoms with van der Waals surface area (Å²) in [5.74, 6) is 2.38. The lowest BCUT2D eigenvalue weighted by Crippen LogP contribution is -2.59. The fraction of sp³-hybridized carbons (Fsp3) is 0.957.